The SMILES string of the molecule is [2H]c1c([2H])c([2H])c(-c2c(-n3c4ccccc4c4ccc5c6ccccc6sc5c43)c(C#N)c(-n3c4ccccc4c4ccc5c6ccccc6sc5c43)c([N+]#[C-])c2-n2c3ccccc3c3ccc4c5ccccc5sc4c32)c([2H])c1[2H]. The van der Waals surface area contributed by atoms with E-state index >= 15 is 0 Å². The molecule has 0 aliphatic carbocycles. The molecule has 76 heavy (non-hydrogen) atoms. The number of nitrogens with zero attached hydrogens (tertiary/aromatic N) is 5. The summed E-state index contributed by atoms with van der Waals surface area (Å²) in [5.41, 5.74) is 5.74. The Labute approximate surface area is 452 Å². The molecule has 0 radical (unpaired) electrons. The Hall–Kier alpha value is -9.54. The maximum atomic E-state index is 12.7. The predicted octanol–water partition coefficient (Wildman–Crippen LogP) is 20.2. The molecule has 6 aromatic heterocycles. The van der Waals surface area contributed by atoms with E-state index in [1.807, 2.05) is 84.9 Å². The van der Waals surface area contributed by atoms with Gasteiger partial charge >= 0.3 is 0 Å². The second-order valence-electron chi connectivity index (χ2n) is 19.2. The van der Waals surface area contributed by atoms with Crippen LogP contribution in [-0.4, -0.2) is 13.7 Å². The molecule has 17 aromatic rings. The first-order valence-electron chi connectivity index (χ1n) is 27.4. The molecule has 0 fully saturated rings. The highest BCUT2D eigenvalue weighted by molar-refractivity contribution is 7.27. The zero-order valence-electron chi connectivity index (χ0n) is 44.8. The van der Waals surface area contributed by atoms with Gasteiger partial charge in [0.15, 0.2) is 0 Å². The van der Waals surface area contributed by atoms with E-state index in [4.69, 9.17) is 6.22 Å². The summed E-state index contributed by atoms with van der Waals surface area (Å²) in [7, 11) is 0. The van der Waals surface area contributed by atoms with Crippen LogP contribution in [0.2, 0.25) is 0 Å². The van der Waals surface area contributed by atoms with Crippen molar-refractivity contribution >= 4 is 166 Å². The molecule has 0 N–H and O–H groups in total. The minimum Gasteiger partial charge on any atom is -0.317 e. The number of thiophene rings is 3. The normalized spacial score (nSPS) is 13.1. The Kier molecular flexibility index (Phi) is 7.59. The Morgan fingerprint density at radius 2 is 0.750 bits per heavy atom. The standard InChI is InChI=1S/C68H35N5S3/c1-70-59-61(72-53-26-12-6-20-40(53)46-32-35-49-43-23-9-15-29-56(43)75-67(49)63(46)72)51(37-69)60(71-52-25-11-5-19-39(52)45-31-34-48-42-22-8-14-28-55(42)74-66(48)62(45)71)58(38-17-3-2-4-18-38)65(59)73-54-27-13-7-21-41(54)47-33-36-50-44-24-10-16-30-57(44)76-68(50)64(47)73/h2-36H/i2D,3D,4D,17D,18D. The van der Waals surface area contributed by atoms with E-state index in [9.17, 15) is 17.3 Å². The molecule has 0 bridgehead atoms. The van der Waals surface area contributed by atoms with Gasteiger partial charge in [-0.25, -0.2) is 4.85 Å². The second-order valence-corrected chi connectivity index (χ2v) is 22.4. The number of hydrogen-bond acceptors (Lipinski definition) is 4. The molecule has 8 heteroatoms. The lowest BCUT2D eigenvalue weighted by molar-refractivity contribution is 1.10. The average molecular weight is 1020 g/mol. The number of aromatic nitrogens is 3. The lowest BCUT2D eigenvalue weighted by Crippen LogP contribution is -2.11. The molecule has 17 rings (SSSR count). The van der Waals surface area contributed by atoms with Gasteiger partial charge in [-0.2, -0.15) is 5.26 Å². The fourth-order valence-electron chi connectivity index (χ4n) is 12.6. The molecule has 11 aromatic carbocycles. The van der Waals surface area contributed by atoms with Crippen molar-refractivity contribution in [2.24, 2.45) is 0 Å². The van der Waals surface area contributed by atoms with Crippen LogP contribution in [-0.2, 0) is 0 Å². The highest BCUT2D eigenvalue weighted by Gasteiger charge is 2.34. The smallest absolute Gasteiger partial charge is 0.236 e. The third kappa shape index (κ3) is 5.39. The molecular formula is C68H35N5S3. The Morgan fingerprint density at radius 1 is 0.395 bits per heavy atom. The van der Waals surface area contributed by atoms with Crippen molar-refractivity contribution in [2.45, 2.75) is 0 Å². The van der Waals surface area contributed by atoms with Crippen molar-refractivity contribution in [2.75, 3.05) is 0 Å². The van der Waals surface area contributed by atoms with Crippen LogP contribution in [0.5, 0.6) is 0 Å². The van der Waals surface area contributed by atoms with Crippen LogP contribution < -0.4 is 0 Å². The topological polar surface area (TPSA) is 42.9 Å². The molecule has 350 valence electrons. The van der Waals surface area contributed by atoms with E-state index in [1.165, 1.54) is 0 Å². The van der Waals surface area contributed by atoms with Gasteiger partial charge in [-0.05, 0) is 42.0 Å². The van der Waals surface area contributed by atoms with Gasteiger partial charge in [0.25, 0.3) is 0 Å². The van der Waals surface area contributed by atoms with Gasteiger partial charge in [0.05, 0.1) is 83.3 Å². The fourth-order valence-corrected chi connectivity index (χ4v) is 16.3. The van der Waals surface area contributed by atoms with Gasteiger partial charge in [0.2, 0.25) is 5.69 Å². The molecule has 0 spiro atoms. The summed E-state index contributed by atoms with van der Waals surface area (Å²) in [5, 5.41) is 24.5. The van der Waals surface area contributed by atoms with Crippen LogP contribution in [0.4, 0.5) is 5.69 Å². The first-order valence-corrected chi connectivity index (χ1v) is 27.3. The molecule has 6 heterocycles. The van der Waals surface area contributed by atoms with Crippen LogP contribution in [0.3, 0.4) is 0 Å². The number of benzene rings is 11. The predicted molar refractivity (Wildman–Crippen MR) is 325 cm³/mol. The Balaban J connectivity index is 1.22. The lowest BCUT2D eigenvalue weighted by atomic mass is 9.93. The average Bonchev–Trinajstić information content (AvgIpc) is 4.45. The molecule has 0 unspecified atom stereocenters. The molecule has 0 saturated carbocycles. The summed E-state index contributed by atoms with van der Waals surface area (Å²) in [4.78, 5) is 4.70. The summed E-state index contributed by atoms with van der Waals surface area (Å²) in [5.74, 6) is 0. The zero-order chi connectivity index (χ0) is 54.3. The quantitative estimate of drug-likeness (QED) is 0.162. The molecule has 0 saturated heterocycles. The van der Waals surface area contributed by atoms with Gasteiger partial charge < -0.3 is 13.7 Å². The molecule has 0 aliphatic rings. The fraction of sp³-hybridized carbons (Fsp3) is 0. The van der Waals surface area contributed by atoms with Crippen LogP contribution in [0.15, 0.2) is 212 Å². The van der Waals surface area contributed by atoms with Gasteiger partial charge in [-0.1, -0.05) is 176 Å². The molecule has 0 aliphatic heterocycles. The van der Waals surface area contributed by atoms with Crippen molar-refractivity contribution < 1.29 is 6.85 Å². The van der Waals surface area contributed by atoms with Crippen molar-refractivity contribution in [3.8, 4) is 34.3 Å². The number of hydrogen-bond donors (Lipinski definition) is 0. The molecule has 5 nitrogen and oxygen atoms in total. The molecule has 0 atom stereocenters. The van der Waals surface area contributed by atoms with Crippen molar-refractivity contribution in [3.05, 3.63) is 229 Å². The third-order valence-corrected chi connectivity index (χ3v) is 19.2. The maximum Gasteiger partial charge on any atom is 0.236 e. The van der Waals surface area contributed by atoms with E-state index in [-0.39, 0.29) is 33.8 Å². The molecular weight excluding hydrogens is 983 g/mol. The Bertz CT molecular complexity index is 5580. The number of fused-ring (bicyclic) bond motifs is 21. The van der Waals surface area contributed by atoms with Gasteiger partial charge in [-0.15, -0.1) is 34.0 Å². The highest BCUT2D eigenvalue weighted by Crippen LogP contribution is 2.55. The largest absolute Gasteiger partial charge is 0.317 e. The van der Waals surface area contributed by atoms with Crippen LogP contribution in [0, 0.1) is 17.9 Å². The van der Waals surface area contributed by atoms with Gasteiger partial charge in [0.1, 0.15) is 6.07 Å². The Morgan fingerprint density at radius 3 is 1.16 bits per heavy atom. The summed E-state index contributed by atoms with van der Waals surface area (Å²) in [6.07, 6.45) is 0. The highest BCUT2D eigenvalue weighted by atomic mass is 32.1. The summed E-state index contributed by atoms with van der Waals surface area (Å²) >= 11 is 4.97. The monoisotopic (exact) mass is 1020 g/mol. The van der Waals surface area contributed by atoms with Gasteiger partial charge in [-0.3, -0.25) is 0 Å². The first kappa shape index (κ1) is 37.2. The van der Waals surface area contributed by atoms with E-state index in [1.54, 1.807) is 34.0 Å². The zero-order valence-corrected chi connectivity index (χ0v) is 42.2. The van der Waals surface area contributed by atoms with Crippen LogP contribution >= 0.6 is 34.0 Å². The number of para-hydroxylation sites is 3. The van der Waals surface area contributed by atoms with E-state index < -0.39 is 30.2 Å². The first-order chi connectivity index (χ1) is 39.7. The summed E-state index contributed by atoms with van der Waals surface area (Å²) in [6, 6.07) is 62.5. The summed E-state index contributed by atoms with van der Waals surface area (Å²) < 4.78 is 60.7. The maximum absolute atomic E-state index is 12.7. The van der Waals surface area contributed by atoms with Gasteiger partial charge in [0, 0.05) is 84.3 Å². The van der Waals surface area contributed by atoms with Crippen molar-refractivity contribution in [1.82, 2.24) is 13.7 Å². The van der Waals surface area contributed by atoms with E-state index in [0.717, 1.165) is 126 Å². The van der Waals surface area contributed by atoms with Crippen molar-refractivity contribution in [3.63, 3.8) is 0 Å². The van der Waals surface area contributed by atoms with E-state index in [2.05, 4.69) is 117 Å². The molecule has 0 amide bonds. The minimum absolute atomic E-state index is 0.0754. The summed E-state index contributed by atoms with van der Waals surface area (Å²) in [6.45, 7) is 9.89. The van der Waals surface area contributed by atoms with Crippen LogP contribution in [0.1, 0.15) is 12.4 Å². The minimum atomic E-state index is -0.551. The second kappa shape index (κ2) is 15.5. The number of rotatable bonds is 4. The van der Waals surface area contributed by atoms with E-state index in [0.29, 0.717) is 5.69 Å². The lowest BCUT2D eigenvalue weighted by Gasteiger charge is -2.26. The third-order valence-electron chi connectivity index (χ3n) is 15.6. The van der Waals surface area contributed by atoms with Crippen molar-refractivity contribution in [1.29, 1.82) is 5.26 Å². The number of nitriles is 1. The van der Waals surface area contributed by atoms with Crippen LogP contribution in [0.25, 0.3) is 159 Å².